The quantitative estimate of drug-likeness (QED) is 0.656. The molecule has 0 unspecified atom stereocenters. The second kappa shape index (κ2) is 4.66. The van der Waals surface area contributed by atoms with Gasteiger partial charge < -0.3 is 10.5 Å². The van der Waals surface area contributed by atoms with E-state index in [4.69, 9.17) is 10.5 Å². The molecule has 2 N–H and O–H groups in total. The van der Waals surface area contributed by atoms with Crippen molar-refractivity contribution >= 4 is 11.5 Å². The van der Waals surface area contributed by atoms with Crippen LogP contribution in [0.1, 0.15) is 5.56 Å². The smallest absolute Gasteiger partial charge is 0.311 e. The van der Waals surface area contributed by atoms with E-state index in [9.17, 15) is 10.1 Å². The van der Waals surface area contributed by atoms with Crippen LogP contribution in [0.3, 0.4) is 0 Å². The van der Waals surface area contributed by atoms with Gasteiger partial charge in [-0.2, -0.15) is 0 Å². The van der Waals surface area contributed by atoms with Gasteiger partial charge in [0, 0.05) is 6.07 Å². The number of anilines is 1. The zero-order chi connectivity index (χ0) is 13.1. The van der Waals surface area contributed by atoms with Crippen LogP contribution < -0.4 is 10.5 Å². The van der Waals surface area contributed by atoms with E-state index in [-0.39, 0.29) is 23.1 Å². The predicted octanol–water partition coefficient (Wildman–Crippen LogP) is 2.07. The Hall–Kier alpha value is -2.70. The largest absolute Gasteiger partial charge is 0.431 e. The van der Waals surface area contributed by atoms with Crippen molar-refractivity contribution in [1.29, 1.82) is 0 Å². The third kappa shape index (κ3) is 2.19. The van der Waals surface area contributed by atoms with Crippen LogP contribution >= 0.6 is 0 Å². The summed E-state index contributed by atoms with van der Waals surface area (Å²) in [4.78, 5) is 18.0. The first-order chi connectivity index (χ1) is 8.59. The molecule has 2 rings (SSSR count). The first-order valence-electron chi connectivity index (χ1n) is 5.08. The van der Waals surface area contributed by atoms with Gasteiger partial charge in [-0.05, 0) is 13.0 Å². The average molecular weight is 246 g/mol. The van der Waals surface area contributed by atoms with E-state index in [0.29, 0.717) is 5.56 Å². The zero-order valence-corrected chi connectivity index (χ0v) is 9.53. The fourth-order valence-electron chi connectivity index (χ4n) is 1.35. The van der Waals surface area contributed by atoms with E-state index in [1.54, 1.807) is 19.1 Å². The van der Waals surface area contributed by atoms with Gasteiger partial charge in [0.2, 0.25) is 11.6 Å². The van der Waals surface area contributed by atoms with Crippen molar-refractivity contribution in [2.24, 2.45) is 0 Å². The average Bonchev–Trinajstić information content (AvgIpc) is 2.35. The lowest BCUT2D eigenvalue weighted by atomic mass is 10.3. The first-order valence-corrected chi connectivity index (χ1v) is 5.08. The lowest BCUT2D eigenvalue weighted by Gasteiger charge is -2.08. The van der Waals surface area contributed by atoms with Gasteiger partial charge in [-0.3, -0.25) is 10.1 Å². The van der Waals surface area contributed by atoms with Crippen LogP contribution in [0.15, 0.2) is 30.6 Å². The van der Waals surface area contributed by atoms with E-state index < -0.39 is 4.92 Å². The Morgan fingerprint density at radius 1 is 1.33 bits per heavy atom. The Bertz CT molecular complexity index is 601. The lowest BCUT2D eigenvalue weighted by Crippen LogP contribution is -2.00. The van der Waals surface area contributed by atoms with E-state index in [2.05, 4.69) is 9.97 Å². The minimum absolute atomic E-state index is 0.115. The summed E-state index contributed by atoms with van der Waals surface area (Å²) in [5, 5.41) is 10.8. The summed E-state index contributed by atoms with van der Waals surface area (Å²) in [6.07, 6.45) is 1.24. The van der Waals surface area contributed by atoms with Gasteiger partial charge in [-0.1, -0.05) is 12.1 Å². The summed E-state index contributed by atoms with van der Waals surface area (Å²) in [5.41, 5.74) is 6.01. The Morgan fingerprint density at radius 3 is 2.78 bits per heavy atom. The molecule has 0 radical (unpaired) electrons. The van der Waals surface area contributed by atoms with Gasteiger partial charge >= 0.3 is 5.69 Å². The Kier molecular flexibility index (Phi) is 3.05. The highest BCUT2D eigenvalue weighted by atomic mass is 16.6. The molecule has 7 heteroatoms. The summed E-state index contributed by atoms with van der Waals surface area (Å²) < 4.78 is 5.41. The molecule has 7 nitrogen and oxygen atoms in total. The number of ether oxygens (including phenoxy) is 1. The molecule has 18 heavy (non-hydrogen) atoms. The summed E-state index contributed by atoms with van der Waals surface area (Å²) in [6.45, 7) is 1.68. The van der Waals surface area contributed by atoms with Crippen LogP contribution in [-0.4, -0.2) is 14.9 Å². The number of nitrogen functional groups attached to an aromatic ring is 1. The number of nitro benzene ring substituents is 1. The van der Waals surface area contributed by atoms with Gasteiger partial charge in [-0.25, -0.2) is 9.97 Å². The molecule has 1 aromatic heterocycles. The maximum atomic E-state index is 10.8. The maximum Gasteiger partial charge on any atom is 0.311 e. The molecule has 0 amide bonds. The van der Waals surface area contributed by atoms with Gasteiger partial charge in [-0.15, -0.1) is 0 Å². The van der Waals surface area contributed by atoms with Crippen LogP contribution in [0.25, 0.3) is 0 Å². The molecular weight excluding hydrogens is 236 g/mol. The molecule has 0 spiro atoms. The van der Waals surface area contributed by atoms with Crippen LogP contribution in [0.5, 0.6) is 11.6 Å². The van der Waals surface area contributed by atoms with Crippen molar-refractivity contribution in [3.05, 3.63) is 46.3 Å². The van der Waals surface area contributed by atoms with E-state index in [1.807, 2.05) is 0 Å². The topological polar surface area (TPSA) is 104 Å². The zero-order valence-electron chi connectivity index (χ0n) is 9.53. The van der Waals surface area contributed by atoms with Crippen LogP contribution in [-0.2, 0) is 0 Å². The normalized spacial score (nSPS) is 10.1. The Labute approximate surface area is 102 Å². The van der Waals surface area contributed by atoms with E-state index in [0.717, 1.165) is 0 Å². The maximum absolute atomic E-state index is 10.8. The number of para-hydroxylation sites is 2. The highest BCUT2D eigenvalue weighted by Gasteiger charge is 2.16. The van der Waals surface area contributed by atoms with Gasteiger partial charge in [0.25, 0.3) is 0 Å². The molecular formula is C11H10N4O3. The molecule has 0 saturated carbocycles. The number of aromatic nitrogens is 2. The van der Waals surface area contributed by atoms with Gasteiger partial charge in [0.05, 0.1) is 10.5 Å². The second-order valence-electron chi connectivity index (χ2n) is 3.52. The number of benzene rings is 1. The first kappa shape index (κ1) is 11.8. The lowest BCUT2D eigenvalue weighted by molar-refractivity contribution is -0.385. The summed E-state index contributed by atoms with van der Waals surface area (Å²) in [5.74, 6) is 0.596. The molecule has 92 valence electrons. The SMILES string of the molecule is Cc1c(N)ncnc1Oc1ccccc1[N+](=O)[O-]. The monoisotopic (exact) mass is 246 g/mol. The minimum atomic E-state index is -0.519. The van der Waals surface area contributed by atoms with Crippen molar-refractivity contribution < 1.29 is 9.66 Å². The summed E-state index contributed by atoms with van der Waals surface area (Å²) in [6, 6.07) is 6.06. The molecule has 1 heterocycles. The van der Waals surface area contributed by atoms with E-state index >= 15 is 0 Å². The molecule has 0 aliphatic rings. The molecule has 0 saturated heterocycles. The third-order valence-corrected chi connectivity index (χ3v) is 2.35. The van der Waals surface area contributed by atoms with Gasteiger partial charge in [0.1, 0.15) is 12.1 Å². The number of nitro groups is 1. The number of rotatable bonds is 3. The fourth-order valence-corrected chi connectivity index (χ4v) is 1.35. The number of hydrogen-bond acceptors (Lipinski definition) is 6. The van der Waals surface area contributed by atoms with Crippen molar-refractivity contribution in [3.8, 4) is 11.6 Å². The van der Waals surface area contributed by atoms with Crippen LogP contribution in [0, 0.1) is 17.0 Å². The molecule has 1 aromatic carbocycles. The third-order valence-electron chi connectivity index (χ3n) is 2.35. The van der Waals surface area contributed by atoms with Crippen molar-refractivity contribution in [2.45, 2.75) is 6.92 Å². The molecule has 2 aromatic rings. The molecule has 0 atom stereocenters. The molecule has 0 aliphatic carbocycles. The van der Waals surface area contributed by atoms with Crippen molar-refractivity contribution in [2.75, 3.05) is 5.73 Å². The summed E-state index contributed by atoms with van der Waals surface area (Å²) in [7, 11) is 0. The van der Waals surface area contributed by atoms with Crippen molar-refractivity contribution in [1.82, 2.24) is 9.97 Å². The molecule has 0 bridgehead atoms. The second-order valence-corrected chi connectivity index (χ2v) is 3.52. The predicted molar refractivity (Wildman–Crippen MR) is 64.4 cm³/mol. The number of nitrogens with zero attached hydrogens (tertiary/aromatic N) is 3. The summed E-state index contributed by atoms with van der Waals surface area (Å²) >= 11 is 0. The fraction of sp³-hybridized carbons (Fsp3) is 0.0909. The Morgan fingerprint density at radius 2 is 2.06 bits per heavy atom. The number of nitrogens with two attached hydrogens (primary N) is 1. The van der Waals surface area contributed by atoms with Gasteiger partial charge in [0.15, 0.2) is 0 Å². The Balaban J connectivity index is 2.40. The number of hydrogen-bond donors (Lipinski definition) is 1. The highest BCUT2D eigenvalue weighted by Crippen LogP contribution is 2.31. The molecule has 0 aliphatic heterocycles. The van der Waals surface area contributed by atoms with Crippen LogP contribution in [0.2, 0.25) is 0 Å². The minimum Gasteiger partial charge on any atom is -0.431 e. The van der Waals surface area contributed by atoms with Crippen LogP contribution in [0.4, 0.5) is 11.5 Å². The molecule has 0 fully saturated rings. The highest BCUT2D eigenvalue weighted by molar-refractivity contribution is 5.50. The standard InChI is InChI=1S/C11H10N4O3/c1-7-10(12)13-6-14-11(7)18-9-5-3-2-4-8(9)15(16)17/h2-6H,1H3,(H2,12,13,14). The van der Waals surface area contributed by atoms with E-state index in [1.165, 1.54) is 18.5 Å². The van der Waals surface area contributed by atoms with Crippen molar-refractivity contribution in [3.63, 3.8) is 0 Å².